The van der Waals surface area contributed by atoms with Crippen LogP contribution in [0.2, 0.25) is 0 Å². The second kappa shape index (κ2) is 10.7. The first kappa shape index (κ1) is 25.1. The number of carbonyl (C=O) groups excluding carboxylic acids is 3. The van der Waals surface area contributed by atoms with Gasteiger partial charge in [0, 0.05) is 37.3 Å². The van der Waals surface area contributed by atoms with E-state index in [0.29, 0.717) is 5.56 Å². The van der Waals surface area contributed by atoms with Crippen molar-refractivity contribution in [2.24, 2.45) is 0 Å². The molecular formula is C26H24FN3O5S. The lowest BCUT2D eigenvalue weighted by Gasteiger charge is -2.36. The van der Waals surface area contributed by atoms with Crippen LogP contribution in [-0.4, -0.2) is 67.5 Å². The van der Waals surface area contributed by atoms with Crippen molar-refractivity contribution < 1.29 is 27.2 Å². The van der Waals surface area contributed by atoms with E-state index in [0.717, 1.165) is 12.1 Å². The number of nitrogens with zero attached hydrogens (tertiary/aromatic N) is 2. The minimum atomic E-state index is -4.31. The molecular weight excluding hydrogens is 485 g/mol. The van der Waals surface area contributed by atoms with Gasteiger partial charge in [0.25, 0.3) is 17.7 Å². The number of carbonyl (C=O) groups is 3. The number of sulfone groups is 1. The van der Waals surface area contributed by atoms with Crippen LogP contribution >= 0.6 is 0 Å². The molecule has 1 aliphatic heterocycles. The number of benzene rings is 3. The van der Waals surface area contributed by atoms with Crippen molar-refractivity contribution in [3.63, 3.8) is 0 Å². The zero-order valence-corrected chi connectivity index (χ0v) is 20.0. The molecule has 36 heavy (non-hydrogen) atoms. The standard InChI is InChI=1S/C26H24FN3O5S/c27-21-13-11-19(12-14-21)23(31)28-24(36(34,35)22-9-5-2-6-10-22)26(33)30-17-15-29(16-18-30)25(32)20-7-3-1-4-8-20/h1-14,24H,15-18H2,(H,28,31). The lowest BCUT2D eigenvalue weighted by atomic mass is 10.2. The summed E-state index contributed by atoms with van der Waals surface area (Å²) in [6, 6.07) is 20.6. The molecule has 1 fully saturated rings. The summed E-state index contributed by atoms with van der Waals surface area (Å²) in [4.78, 5) is 41.8. The molecule has 4 rings (SSSR count). The summed E-state index contributed by atoms with van der Waals surface area (Å²) in [5, 5.41) is 0.433. The van der Waals surface area contributed by atoms with Crippen molar-refractivity contribution in [2.75, 3.05) is 26.2 Å². The SMILES string of the molecule is O=C(NC(C(=O)N1CCN(C(=O)c2ccccc2)CC1)S(=O)(=O)c1ccccc1)c1ccc(F)cc1. The van der Waals surface area contributed by atoms with Crippen molar-refractivity contribution in [2.45, 2.75) is 10.3 Å². The molecule has 10 heteroatoms. The highest BCUT2D eigenvalue weighted by molar-refractivity contribution is 7.92. The van der Waals surface area contributed by atoms with Crippen molar-refractivity contribution in [3.8, 4) is 0 Å². The van der Waals surface area contributed by atoms with Crippen LogP contribution in [0.3, 0.4) is 0 Å². The lowest BCUT2D eigenvalue weighted by Crippen LogP contribution is -2.57. The highest BCUT2D eigenvalue weighted by atomic mass is 32.2. The fraction of sp³-hybridized carbons (Fsp3) is 0.192. The Bertz CT molecular complexity index is 1340. The Morgan fingerprint density at radius 2 is 1.25 bits per heavy atom. The predicted molar refractivity (Wildman–Crippen MR) is 130 cm³/mol. The topological polar surface area (TPSA) is 104 Å². The van der Waals surface area contributed by atoms with E-state index < -0.39 is 32.8 Å². The van der Waals surface area contributed by atoms with Crippen LogP contribution in [0.1, 0.15) is 20.7 Å². The van der Waals surface area contributed by atoms with Gasteiger partial charge in [0.2, 0.25) is 15.2 Å². The average Bonchev–Trinajstić information content (AvgIpc) is 2.92. The largest absolute Gasteiger partial charge is 0.336 e. The molecule has 0 aromatic heterocycles. The average molecular weight is 510 g/mol. The molecule has 1 unspecified atom stereocenters. The van der Waals surface area contributed by atoms with Crippen molar-refractivity contribution in [1.82, 2.24) is 15.1 Å². The summed E-state index contributed by atoms with van der Waals surface area (Å²) in [5.74, 6) is -2.37. The Morgan fingerprint density at radius 1 is 0.722 bits per heavy atom. The first-order valence-corrected chi connectivity index (χ1v) is 12.8. The second-order valence-electron chi connectivity index (χ2n) is 8.20. The minimum absolute atomic E-state index is 0.00994. The number of halogens is 1. The van der Waals surface area contributed by atoms with Crippen LogP contribution in [-0.2, 0) is 14.6 Å². The molecule has 0 saturated carbocycles. The predicted octanol–water partition coefficient (Wildman–Crippen LogP) is 2.34. The van der Waals surface area contributed by atoms with Crippen LogP contribution < -0.4 is 5.32 Å². The second-order valence-corrected chi connectivity index (χ2v) is 10.2. The maximum atomic E-state index is 13.5. The molecule has 3 amide bonds. The summed E-state index contributed by atoms with van der Waals surface area (Å²) in [6.07, 6.45) is 0. The van der Waals surface area contributed by atoms with Crippen LogP contribution in [0.25, 0.3) is 0 Å². The Labute approximate surface area is 208 Å². The fourth-order valence-electron chi connectivity index (χ4n) is 3.88. The molecule has 0 spiro atoms. The highest BCUT2D eigenvalue weighted by Crippen LogP contribution is 2.19. The molecule has 3 aromatic carbocycles. The van der Waals surface area contributed by atoms with Gasteiger partial charge in [-0.15, -0.1) is 0 Å². The number of rotatable bonds is 6. The molecule has 0 bridgehead atoms. The van der Waals surface area contributed by atoms with Gasteiger partial charge in [-0.1, -0.05) is 36.4 Å². The summed E-state index contributed by atoms with van der Waals surface area (Å²) in [5.41, 5.74) is 0.532. The van der Waals surface area contributed by atoms with Gasteiger partial charge < -0.3 is 15.1 Å². The van der Waals surface area contributed by atoms with Crippen molar-refractivity contribution in [1.29, 1.82) is 0 Å². The molecule has 1 heterocycles. The maximum absolute atomic E-state index is 13.5. The quantitative estimate of drug-likeness (QED) is 0.550. The number of nitrogens with one attached hydrogen (secondary N) is 1. The fourth-order valence-corrected chi connectivity index (χ4v) is 5.37. The van der Waals surface area contributed by atoms with Gasteiger partial charge in [0.1, 0.15) is 5.82 Å². The Kier molecular flexibility index (Phi) is 7.44. The van der Waals surface area contributed by atoms with Crippen LogP contribution in [0.15, 0.2) is 89.8 Å². The normalized spacial score (nSPS) is 14.7. The lowest BCUT2D eigenvalue weighted by molar-refractivity contribution is -0.132. The summed E-state index contributed by atoms with van der Waals surface area (Å²) in [7, 11) is -4.31. The van der Waals surface area contributed by atoms with E-state index in [1.54, 1.807) is 41.3 Å². The number of amides is 3. The number of piperazine rings is 1. The van der Waals surface area contributed by atoms with E-state index in [9.17, 15) is 27.2 Å². The molecule has 0 aliphatic carbocycles. The van der Waals surface area contributed by atoms with Gasteiger partial charge in [-0.2, -0.15) is 0 Å². The molecule has 8 nitrogen and oxygen atoms in total. The van der Waals surface area contributed by atoms with Crippen LogP contribution in [0, 0.1) is 5.82 Å². The van der Waals surface area contributed by atoms with E-state index in [1.165, 1.54) is 41.3 Å². The Balaban J connectivity index is 1.54. The molecule has 186 valence electrons. The van der Waals surface area contributed by atoms with E-state index in [-0.39, 0.29) is 42.5 Å². The summed E-state index contributed by atoms with van der Waals surface area (Å²) < 4.78 is 40.1. The van der Waals surface area contributed by atoms with E-state index in [4.69, 9.17) is 0 Å². The number of hydrogen-bond donors (Lipinski definition) is 1. The van der Waals surface area contributed by atoms with Crippen molar-refractivity contribution >= 4 is 27.6 Å². The molecule has 0 radical (unpaired) electrons. The van der Waals surface area contributed by atoms with Crippen molar-refractivity contribution in [3.05, 3.63) is 102 Å². The smallest absolute Gasteiger partial charge is 0.261 e. The first-order chi connectivity index (χ1) is 17.3. The third-order valence-electron chi connectivity index (χ3n) is 5.87. The zero-order valence-electron chi connectivity index (χ0n) is 19.2. The summed E-state index contributed by atoms with van der Waals surface area (Å²) >= 11 is 0. The van der Waals surface area contributed by atoms with E-state index >= 15 is 0 Å². The van der Waals surface area contributed by atoms with Gasteiger partial charge >= 0.3 is 0 Å². The van der Waals surface area contributed by atoms with Gasteiger partial charge in [-0.05, 0) is 48.5 Å². The molecule has 3 aromatic rings. The summed E-state index contributed by atoms with van der Waals surface area (Å²) in [6.45, 7) is 0.627. The van der Waals surface area contributed by atoms with Gasteiger partial charge in [-0.3, -0.25) is 14.4 Å². The Hall–Kier alpha value is -4.05. The van der Waals surface area contributed by atoms with Crippen LogP contribution in [0.5, 0.6) is 0 Å². The van der Waals surface area contributed by atoms with E-state index in [2.05, 4.69) is 5.32 Å². The molecule has 1 aliphatic rings. The number of hydrogen-bond acceptors (Lipinski definition) is 5. The van der Waals surface area contributed by atoms with Gasteiger partial charge in [0.05, 0.1) is 4.90 Å². The van der Waals surface area contributed by atoms with Crippen LogP contribution in [0.4, 0.5) is 4.39 Å². The highest BCUT2D eigenvalue weighted by Gasteiger charge is 2.39. The van der Waals surface area contributed by atoms with Gasteiger partial charge in [0.15, 0.2) is 0 Å². The third-order valence-corrected chi connectivity index (χ3v) is 7.74. The third kappa shape index (κ3) is 5.44. The minimum Gasteiger partial charge on any atom is -0.336 e. The van der Waals surface area contributed by atoms with E-state index in [1.807, 2.05) is 0 Å². The monoisotopic (exact) mass is 509 g/mol. The van der Waals surface area contributed by atoms with Gasteiger partial charge in [-0.25, -0.2) is 12.8 Å². The maximum Gasteiger partial charge on any atom is 0.261 e. The zero-order chi connectivity index (χ0) is 25.7. The molecule has 1 N–H and O–H groups in total. The first-order valence-electron chi connectivity index (χ1n) is 11.3. The molecule has 1 saturated heterocycles. The Morgan fingerprint density at radius 3 is 1.83 bits per heavy atom. The molecule has 1 atom stereocenters.